The van der Waals surface area contributed by atoms with Crippen molar-refractivity contribution in [1.82, 2.24) is 25.1 Å². The maximum atomic E-state index is 12.7. The molecule has 1 aromatic carbocycles. The first kappa shape index (κ1) is 21.3. The Bertz CT molecular complexity index is 1110. The molecule has 2 N–H and O–H groups in total. The van der Waals surface area contributed by atoms with Crippen LogP contribution in [0.2, 0.25) is 0 Å². The van der Waals surface area contributed by atoms with Crippen molar-refractivity contribution in [2.24, 2.45) is 0 Å². The molecule has 1 saturated heterocycles. The molecular weight excluding hydrogens is 418 g/mol. The maximum absolute atomic E-state index is 12.7. The van der Waals surface area contributed by atoms with Crippen LogP contribution in [0.15, 0.2) is 52.6 Å². The Labute approximate surface area is 193 Å². The largest absolute Gasteiger partial charge is 0.349 e. The number of aromatic nitrogens is 2. The smallest absolute Gasteiger partial charge is 0.317 e. The molecule has 0 unspecified atom stereocenters. The van der Waals surface area contributed by atoms with Gasteiger partial charge in [-0.25, -0.2) is 4.79 Å². The van der Waals surface area contributed by atoms with Crippen LogP contribution in [0.5, 0.6) is 0 Å². The minimum absolute atomic E-state index is 0.0549. The fourth-order valence-corrected chi connectivity index (χ4v) is 6.45. The van der Waals surface area contributed by atoms with Gasteiger partial charge in [-0.2, -0.15) is 0 Å². The quantitative estimate of drug-likeness (QED) is 0.603. The second-order valence-corrected chi connectivity index (χ2v) is 9.94. The van der Waals surface area contributed by atoms with Crippen molar-refractivity contribution in [3.63, 3.8) is 0 Å². The number of nitrogens with zero attached hydrogens (tertiary/aromatic N) is 3. The van der Waals surface area contributed by atoms with E-state index in [1.54, 1.807) is 11.8 Å². The molecule has 2 amide bonds. The van der Waals surface area contributed by atoms with Crippen LogP contribution in [0, 0.1) is 0 Å². The number of hydrogen-bond acceptors (Lipinski definition) is 4. The molecule has 0 saturated carbocycles. The number of nitrogens with one attached hydrogen (secondary N) is 2. The van der Waals surface area contributed by atoms with Gasteiger partial charge in [0.25, 0.3) is 0 Å². The molecule has 1 fully saturated rings. The van der Waals surface area contributed by atoms with Crippen molar-refractivity contribution >= 4 is 28.7 Å². The zero-order valence-electron chi connectivity index (χ0n) is 19.0. The molecule has 3 heterocycles. The van der Waals surface area contributed by atoms with E-state index in [2.05, 4.69) is 57.6 Å². The minimum atomic E-state index is 0.0549. The Balaban J connectivity index is 1.46. The van der Waals surface area contributed by atoms with Crippen LogP contribution in [-0.4, -0.2) is 64.6 Å². The number of amides is 2. The molecule has 0 spiro atoms. The molecular formula is C25H31N5OS. The van der Waals surface area contributed by atoms with Crippen LogP contribution in [0.1, 0.15) is 37.3 Å². The highest BCUT2D eigenvalue weighted by molar-refractivity contribution is 7.99. The highest BCUT2D eigenvalue weighted by Gasteiger charge is 2.41. The van der Waals surface area contributed by atoms with Crippen LogP contribution in [0.4, 0.5) is 4.79 Å². The Kier molecular flexibility index (Phi) is 5.86. The lowest BCUT2D eigenvalue weighted by atomic mass is 9.74. The number of likely N-dealkylation sites (tertiary alicyclic amines) is 1. The topological polar surface area (TPSA) is 64.3 Å². The molecule has 3 atom stereocenters. The number of pyridine rings is 1. The summed E-state index contributed by atoms with van der Waals surface area (Å²) in [5.74, 6) is 0.418. The van der Waals surface area contributed by atoms with Gasteiger partial charge in [-0.1, -0.05) is 23.9 Å². The van der Waals surface area contributed by atoms with E-state index in [0.717, 1.165) is 32.5 Å². The number of likely N-dealkylation sites (N-methyl/N-ethyl adjacent to an activating group) is 1. The van der Waals surface area contributed by atoms with Gasteiger partial charge >= 0.3 is 6.03 Å². The van der Waals surface area contributed by atoms with Crippen molar-refractivity contribution in [2.75, 3.05) is 26.7 Å². The van der Waals surface area contributed by atoms with E-state index in [9.17, 15) is 4.79 Å². The van der Waals surface area contributed by atoms with E-state index in [0.29, 0.717) is 12.0 Å². The highest BCUT2D eigenvalue weighted by atomic mass is 32.2. The zero-order chi connectivity index (χ0) is 22.2. The van der Waals surface area contributed by atoms with Gasteiger partial charge in [-0.3, -0.25) is 4.98 Å². The zero-order valence-corrected chi connectivity index (χ0v) is 19.8. The number of carbonyl (C=O) groups is 1. The number of urea groups is 1. The number of carbonyl (C=O) groups excluding carboxylic acids is 1. The molecule has 7 heteroatoms. The molecule has 32 heavy (non-hydrogen) atoms. The van der Waals surface area contributed by atoms with Crippen LogP contribution in [0.3, 0.4) is 0 Å². The van der Waals surface area contributed by atoms with Gasteiger partial charge in [-0.15, -0.1) is 0 Å². The standard InChI is InChI=1S/C25H31N5OS/c1-4-30(5-2)25(31)27-16-13-19-18-7-6-8-21-23(18)20(14-22(19)29(3)15-16)24(28-21)32-17-9-11-26-12-10-17/h6-12,16,19,22,28H,4-5,13-15H2,1-3H3,(H,27,31)/t16-,19+,22+/m0/s1. The molecule has 1 aliphatic carbocycles. The lowest BCUT2D eigenvalue weighted by molar-refractivity contribution is 0.123. The number of aromatic amines is 1. The Morgan fingerprint density at radius 2 is 2.03 bits per heavy atom. The molecule has 1 aliphatic heterocycles. The van der Waals surface area contributed by atoms with E-state index in [1.165, 1.54) is 32.0 Å². The van der Waals surface area contributed by atoms with E-state index < -0.39 is 0 Å². The van der Waals surface area contributed by atoms with Gasteiger partial charge in [-0.05, 0) is 63.1 Å². The number of H-pyrrole nitrogens is 1. The molecule has 5 rings (SSSR count). The molecule has 6 nitrogen and oxygen atoms in total. The van der Waals surface area contributed by atoms with Gasteiger partial charge in [0.15, 0.2) is 0 Å². The van der Waals surface area contributed by atoms with Crippen LogP contribution >= 0.6 is 11.8 Å². The van der Waals surface area contributed by atoms with Crippen molar-refractivity contribution in [1.29, 1.82) is 0 Å². The predicted octanol–water partition coefficient (Wildman–Crippen LogP) is 4.48. The first-order chi connectivity index (χ1) is 15.6. The van der Waals surface area contributed by atoms with Crippen molar-refractivity contribution in [3.05, 3.63) is 53.9 Å². The number of fused-ring (bicyclic) bond motifs is 2. The summed E-state index contributed by atoms with van der Waals surface area (Å²) < 4.78 is 0. The third-order valence-electron chi connectivity index (χ3n) is 7.06. The van der Waals surface area contributed by atoms with Gasteiger partial charge < -0.3 is 20.1 Å². The molecule has 0 bridgehead atoms. The number of piperidine rings is 1. The summed E-state index contributed by atoms with van der Waals surface area (Å²) in [4.78, 5) is 26.0. The number of hydrogen-bond donors (Lipinski definition) is 2. The second-order valence-electron chi connectivity index (χ2n) is 8.86. The Morgan fingerprint density at radius 1 is 1.25 bits per heavy atom. The lowest BCUT2D eigenvalue weighted by Crippen LogP contribution is -2.56. The summed E-state index contributed by atoms with van der Waals surface area (Å²) in [7, 11) is 2.21. The third-order valence-corrected chi connectivity index (χ3v) is 8.12. The number of benzene rings is 1. The minimum Gasteiger partial charge on any atom is -0.349 e. The maximum Gasteiger partial charge on any atom is 0.317 e. The van der Waals surface area contributed by atoms with Crippen molar-refractivity contribution in [2.45, 2.75) is 54.6 Å². The van der Waals surface area contributed by atoms with Gasteiger partial charge in [0, 0.05) is 65.8 Å². The molecule has 3 aromatic rings. The van der Waals surface area contributed by atoms with Gasteiger partial charge in [0.1, 0.15) is 0 Å². The monoisotopic (exact) mass is 449 g/mol. The summed E-state index contributed by atoms with van der Waals surface area (Å²) in [5.41, 5.74) is 4.06. The van der Waals surface area contributed by atoms with E-state index in [-0.39, 0.29) is 12.1 Å². The normalized spacial score (nSPS) is 22.5. The van der Waals surface area contributed by atoms with Crippen LogP contribution in [-0.2, 0) is 6.42 Å². The average molecular weight is 450 g/mol. The summed E-state index contributed by atoms with van der Waals surface area (Å²) in [6.45, 7) is 6.42. The van der Waals surface area contributed by atoms with E-state index in [4.69, 9.17) is 0 Å². The third kappa shape index (κ3) is 3.77. The van der Waals surface area contributed by atoms with Crippen molar-refractivity contribution < 1.29 is 4.79 Å². The summed E-state index contributed by atoms with van der Waals surface area (Å²) >= 11 is 1.79. The fourth-order valence-electron chi connectivity index (χ4n) is 5.49. The SMILES string of the molecule is CCN(CC)C(=O)N[C@H]1C[C@@H]2c3cccc4[nH]c(Sc5ccncc5)c(c34)C[C@H]2N(C)C1. The first-order valence-electron chi connectivity index (χ1n) is 11.6. The predicted molar refractivity (Wildman–Crippen MR) is 129 cm³/mol. The van der Waals surface area contributed by atoms with E-state index >= 15 is 0 Å². The first-order valence-corrected chi connectivity index (χ1v) is 12.4. The van der Waals surface area contributed by atoms with Crippen LogP contribution in [0.25, 0.3) is 10.9 Å². The van der Waals surface area contributed by atoms with Crippen LogP contribution < -0.4 is 5.32 Å². The average Bonchev–Trinajstić information content (AvgIpc) is 3.14. The fraction of sp³-hybridized carbons (Fsp3) is 0.440. The summed E-state index contributed by atoms with van der Waals surface area (Å²) in [5, 5.41) is 5.93. The molecule has 0 radical (unpaired) electrons. The van der Waals surface area contributed by atoms with Gasteiger partial charge in [0.2, 0.25) is 0 Å². The molecule has 168 valence electrons. The summed E-state index contributed by atoms with van der Waals surface area (Å²) in [6.07, 6.45) is 5.71. The Hall–Kier alpha value is -2.51. The molecule has 2 aliphatic rings. The second kappa shape index (κ2) is 8.79. The lowest BCUT2D eigenvalue weighted by Gasteiger charge is -2.46. The number of rotatable bonds is 5. The van der Waals surface area contributed by atoms with Crippen molar-refractivity contribution in [3.8, 4) is 0 Å². The molecule has 2 aromatic heterocycles. The highest BCUT2D eigenvalue weighted by Crippen LogP contribution is 2.46. The summed E-state index contributed by atoms with van der Waals surface area (Å²) in [6, 6.07) is 11.4. The van der Waals surface area contributed by atoms with E-state index in [1.807, 2.05) is 31.1 Å². The Morgan fingerprint density at radius 3 is 2.78 bits per heavy atom. The van der Waals surface area contributed by atoms with Gasteiger partial charge in [0.05, 0.1) is 5.03 Å².